The number of halogens is 1. The fraction of sp³-hybridized carbons (Fsp3) is 0.852. The number of hydrogen-bond donors (Lipinski definition) is 4. The van der Waals surface area contributed by atoms with Crippen LogP contribution in [0.15, 0.2) is 12.4 Å². The van der Waals surface area contributed by atoms with Gasteiger partial charge in [0.1, 0.15) is 42.0 Å². The van der Waals surface area contributed by atoms with Gasteiger partial charge in [0.15, 0.2) is 11.9 Å². The fourth-order valence-corrected chi connectivity index (χ4v) is 9.85. The number of carbonyl (C=O) groups excluding carboxylic acids is 1. The predicted octanol–water partition coefficient (Wildman–Crippen LogP) is 1.02. The lowest BCUT2D eigenvalue weighted by molar-refractivity contribution is -0.118. The number of aromatic nitrogens is 7. The summed E-state index contributed by atoms with van der Waals surface area (Å²) in [6.45, 7) is 16.6. The Hall–Kier alpha value is -3.16. The van der Waals surface area contributed by atoms with Crippen LogP contribution in [-0.4, -0.2) is 296 Å². The maximum Gasteiger partial charge on any atom is 0.350 e. The van der Waals surface area contributed by atoms with E-state index in [9.17, 15) is 19.6 Å². The molecule has 3 aromatic rings. The first-order valence-corrected chi connectivity index (χ1v) is 32.0. The van der Waals surface area contributed by atoms with Gasteiger partial charge < -0.3 is 105 Å². The number of anilines is 1. The summed E-state index contributed by atoms with van der Waals surface area (Å²) in [4.78, 5) is 40.0. The van der Waals surface area contributed by atoms with E-state index in [1.54, 1.807) is 17.8 Å². The van der Waals surface area contributed by atoms with Crippen molar-refractivity contribution in [2.24, 2.45) is 5.41 Å². The van der Waals surface area contributed by atoms with E-state index in [-0.39, 0.29) is 29.2 Å². The first kappa shape index (κ1) is 72.9. The second-order valence-corrected chi connectivity index (χ2v) is 22.6. The standard InChI is InChI=1S/C54H92ClN8O23P/c1-43(64)4-8-70-10-12-72-14-16-74-18-20-76-22-24-78-26-27-79-25-23-77-21-19-75-17-15-73-13-11-71-9-7-62-37-44(59-60-62)38-83-33-32-81-29-28-80-30-31-82-34-35-85-45-2-5-54(6-3-45)40-61(41-54)50-46-36-56-63(51(46)58-53(55)57-50)52-49(66)48(65)47(86-52)39-84-42-87(67,68)69/h36-37,45,47-49,52,65-66H,2-35,38-42H2,1H3,(H2,67,68,69)/t47-,48-,49-,52-/m1/s1. The predicted molar refractivity (Wildman–Crippen MR) is 308 cm³/mol. The van der Waals surface area contributed by atoms with Crippen molar-refractivity contribution in [3.05, 3.63) is 23.4 Å². The summed E-state index contributed by atoms with van der Waals surface area (Å²) in [6.07, 6.45) is 1.99. The van der Waals surface area contributed by atoms with Crippen LogP contribution < -0.4 is 4.90 Å². The summed E-state index contributed by atoms with van der Waals surface area (Å²) in [5.74, 6) is 0.728. The number of carbonyl (C=O) groups is 1. The second-order valence-electron chi connectivity index (χ2n) is 20.7. The molecule has 31 nitrogen and oxygen atoms in total. The average Bonchev–Trinajstić information content (AvgIpc) is 2.07. The van der Waals surface area contributed by atoms with Crippen molar-refractivity contribution in [2.75, 3.05) is 216 Å². The average molecular weight is 1290 g/mol. The van der Waals surface area contributed by atoms with Crippen LogP contribution in [0.1, 0.15) is 50.9 Å². The monoisotopic (exact) mass is 1290 g/mol. The third kappa shape index (κ3) is 29.3. The minimum Gasteiger partial charge on any atom is -0.387 e. The zero-order valence-corrected chi connectivity index (χ0v) is 51.7. The lowest BCUT2D eigenvalue weighted by Crippen LogP contribution is -2.58. The lowest BCUT2D eigenvalue weighted by Gasteiger charge is -2.54. The zero-order valence-electron chi connectivity index (χ0n) is 50.1. The summed E-state index contributed by atoms with van der Waals surface area (Å²) in [7, 11) is -4.42. The van der Waals surface area contributed by atoms with Gasteiger partial charge in [-0.05, 0) is 44.2 Å². The van der Waals surface area contributed by atoms with Gasteiger partial charge in [-0.15, -0.1) is 5.10 Å². The van der Waals surface area contributed by atoms with Crippen LogP contribution in [0.4, 0.5) is 5.82 Å². The first-order valence-electron chi connectivity index (χ1n) is 29.8. The molecule has 4 N–H and O–H groups in total. The van der Waals surface area contributed by atoms with Crippen molar-refractivity contribution in [3.63, 3.8) is 0 Å². The highest BCUT2D eigenvalue weighted by molar-refractivity contribution is 7.51. The second kappa shape index (κ2) is 42.8. The normalized spacial score (nSPS) is 18.9. The number of ketones is 1. The number of aliphatic hydroxyl groups excluding tert-OH is 2. The molecule has 1 spiro atoms. The minimum absolute atomic E-state index is 0.0125. The van der Waals surface area contributed by atoms with E-state index in [2.05, 4.69) is 30.3 Å². The van der Waals surface area contributed by atoms with Gasteiger partial charge in [0, 0.05) is 24.9 Å². The number of aliphatic hydroxyl groups is 2. The molecule has 0 unspecified atom stereocenters. The molecular formula is C54H92ClN8O23P. The van der Waals surface area contributed by atoms with E-state index < -0.39 is 38.5 Å². The highest BCUT2D eigenvalue weighted by atomic mass is 35.5. The molecule has 87 heavy (non-hydrogen) atoms. The molecule has 5 heterocycles. The molecule has 3 fully saturated rings. The van der Waals surface area contributed by atoms with E-state index in [0.717, 1.165) is 44.5 Å². The summed E-state index contributed by atoms with van der Waals surface area (Å²) in [5.41, 5.74) is 1.15. The Morgan fingerprint density at radius 3 is 1.57 bits per heavy atom. The number of ether oxygens (including phenoxy) is 17. The van der Waals surface area contributed by atoms with Gasteiger partial charge in [0.05, 0.1) is 229 Å². The molecule has 498 valence electrons. The van der Waals surface area contributed by atoms with Crippen LogP contribution in [-0.2, 0) is 103 Å². The fourth-order valence-electron chi connectivity index (χ4n) is 9.35. The van der Waals surface area contributed by atoms with Gasteiger partial charge >= 0.3 is 7.60 Å². The summed E-state index contributed by atoms with van der Waals surface area (Å²) in [5, 5.41) is 34.6. The van der Waals surface area contributed by atoms with E-state index in [1.807, 2.05) is 6.20 Å². The van der Waals surface area contributed by atoms with Crippen LogP contribution in [0, 0.1) is 5.41 Å². The Kier molecular flexibility index (Phi) is 35.9. The van der Waals surface area contributed by atoms with Crippen LogP contribution in [0.3, 0.4) is 0 Å². The Labute approximate surface area is 512 Å². The lowest BCUT2D eigenvalue weighted by atomic mass is 9.68. The molecular weight excluding hydrogens is 1200 g/mol. The van der Waals surface area contributed by atoms with E-state index >= 15 is 0 Å². The highest BCUT2D eigenvalue weighted by Crippen LogP contribution is 2.47. The molecule has 1 aliphatic carbocycles. The Morgan fingerprint density at radius 1 is 0.632 bits per heavy atom. The van der Waals surface area contributed by atoms with Gasteiger partial charge in [-0.3, -0.25) is 9.36 Å². The molecule has 2 saturated heterocycles. The molecule has 2 aliphatic heterocycles. The van der Waals surface area contributed by atoms with Crippen LogP contribution in [0.5, 0.6) is 0 Å². The largest absolute Gasteiger partial charge is 0.387 e. The number of rotatable bonds is 54. The van der Waals surface area contributed by atoms with Gasteiger partial charge in [-0.1, -0.05) is 5.21 Å². The molecule has 3 aromatic heterocycles. The van der Waals surface area contributed by atoms with Crippen molar-refractivity contribution in [2.45, 2.75) is 82.8 Å². The molecule has 0 radical (unpaired) electrons. The van der Waals surface area contributed by atoms with Crippen molar-refractivity contribution in [1.29, 1.82) is 0 Å². The molecule has 0 aromatic carbocycles. The summed E-state index contributed by atoms with van der Waals surface area (Å²) < 4.78 is 109. The summed E-state index contributed by atoms with van der Waals surface area (Å²) in [6, 6.07) is 0. The third-order valence-electron chi connectivity index (χ3n) is 13.8. The molecule has 33 heteroatoms. The van der Waals surface area contributed by atoms with Crippen molar-refractivity contribution >= 4 is 41.8 Å². The zero-order chi connectivity index (χ0) is 61.6. The maximum atomic E-state index is 11.2. The van der Waals surface area contributed by atoms with Crippen LogP contribution in [0.25, 0.3) is 11.0 Å². The molecule has 3 aliphatic rings. The Balaban J connectivity index is 0.631. The molecule has 0 amide bonds. The van der Waals surface area contributed by atoms with Crippen molar-refractivity contribution < 1.29 is 110 Å². The minimum atomic E-state index is -4.42. The molecule has 6 rings (SSSR count). The first-order chi connectivity index (χ1) is 42.4. The smallest absolute Gasteiger partial charge is 0.350 e. The number of Topliss-reactive ketones (excluding diaryl/α,β-unsaturated/α-hetero) is 1. The Bertz CT molecular complexity index is 2330. The van der Waals surface area contributed by atoms with Gasteiger partial charge in [0.25, 0.3) is 0 Å². The van der Waals surface area contributed by atoms with Crippen LogP contribution >= 0.6 is 19.2 Å². The van der Waals surface area contributed by atoms with Crippen molar-refractivity contribution in [3.8, 4) is 0 Å². The SMILES string of the molecule is CC(=O)CCOCCOCCOCCOCCOCCOCCOCCOCCOCCOCCn1cc(COCCOCCOCCOCCOC2CCC3(CC2)CN(c2nc(Cl)nc4c2cnn4[C@@H]2O[C@H](COCP(=O)(O)O)[C@@H](O)[C@H]2O)C3)nn1. The van der Waals surface area contributed by atoms with Gasteiger partial charge in [0.2, 0.25) is 5.28 Å². The Morgan fingerprint density at radius 2 is 1.09 bits per heavy atom. The molecule has 4 atom stereocenters. The topological polar surface area (TPSA) is 350 Å². The van der Waals surface area contributed by atoms with Gasteiger partial charge in [-0.25, -0.2) is 9.36 Å². The number of nitrogens with zero attached hydrogens (tertiary/aromatic N) is 8. The molecule has 1 saturated carbocycles. The van der Waals surface area contributed by atoms with E-state index in [4.69, 9.17) is 102 Å². The number of hydrogen-bond acceptors (Lipinski definition) is 27. The van der Waals surface area contributed by atoms with E-state index in [0.29, 0.717) is 221 Å². The summed E-state index contributed by atoms with van der Waals surface area (Å²) >= 11 is 6.38. The number of fused-ring (bicyclic) bond motifs is 1. The molecule has 0 bridgehead atoms. The van der Waals surface area contributed by atoms with Crippen molar-refractivity contribution in [1.82, 2.24) is 34.7 Å². The third-order valence-corrected chi connectivity index (χ3v) is 14.5. The quantitative estimate of drug-likeness (QED) is 0.0348. The van der Waals surface area contributed by atoms with Crippen LogP contribution in [0.2, 0.25) is 5.28 Å². The maximum absolute atomic E-state index is 11.2. The highest BCUT2D eigenvalue weighted by Gasteiger charge is 2.48. The van der Waals surface area contributed by atoms with Gasteiger partial charge in [-0.2, -0.15) is 15.1 Å². The van der Waals surface area contributed by atoms with E-state index in [1.165, 1.54) is 4.68 Å².